The van der Waals surface area contributed by atoms with Crippen molar-refractivity contribution in [3.05, 3.63) is 76.5 Å². The maximum Gasteiger partial charge on any atom is 0.340 e. The van der Waals surface area contributed by atoms with Crippen molar-refractivity contribution in [2.75, 3.05) is 6.61 Å². The minimum absolute atomic E-state index is 0.200. The molecule has 1 aromatic heterocycles. The summed E-state index contributed by atoms with van der Waals surface area (Å²) >= 11 is 0. The third-order valence-corrected chi connectivity index (χ3v) is 4.48. The van der Waals surface area contributed by atoms with Crippen LogP contribution >= 0.6 is 0 Å². The number of phenolic OH excluding ortho intramolecular Hbond substituents is 1. The molecule has 144 valence electrons. The van der Waals surface area contributed by atoms with Crippen molar-refractivity contribution < 1.29 is 14.6 Å². The summed E-state index contributed by atoms with van der Waals surface area (Å²) in [5.41, 5.74) is 5.24. The van der Waals surface area contributed by atoms with Crippen molar-refractivity contribution in [1.29, 1.82) is 0 Å². The van der Waals surface area contributed by atoms with Gasteiger partial charge in [-0.3, -0.25) is 0 Å². The predicted octanol–water partition coefficient (Wildman–Crippen LogP) is 4.84. The number of hydrogen-bond acceptors (Lipinski definition) is 4. The Hall–Kier alpha value is -3.34. The van der Waals surface area contributed by atoms with E-state index in [2.05, 4.69) is 5.10 Å². The Bertz CT molecular complexity index is 1030. The summed E-state index contributed by atoms with van der Waals surface area (Å²) in [4.78, 5) is 12.5. The number of phenols is 1. The second-order valence-electron chi connectivity index (χ2n) is 6.71. The summed E-state index contributed by atoms with van der Waals surface area (Å²) in [7, 11) is 0. The molecule has 1 heterocycles. The van der Waals surface area contributed by atoms with Gasteiger partial charge in [0.25, 0.3) is 0 Å². The second kappa shape index (κ2) is 8.13. The number of carbonyl (C=O) groups is 1. The van der Waals surface area contributed by atoms with Gasteiger partial charge in [0.1, 0.15) is 5.75 Å². The Morgan fingerprint density at radius 2 is 1.86 bits per heavy atom. The van der Waals surface area contributed by atoms with Gasteiger partial charge in [-0.2, -0.15) is 5.10 Å². The maximum absolute atomic E-state index is 12.5. The molecule has 1 N–H and O–H groups in total. The summed E-state index contributed by atoms with van der Waals surface area (Å²) in [6, 6.07) is 15.2. The topological polar surface area (TPSA) is 63.8 Å². The molecule has 0 fully saturated rings. The van der Waals surface area contributed by atoms with Crippen LogP contribution in [-0.4, -0.2) is 28.6 Å². The Morgan fingerprint density at radius 3 is 2.54 bits per heavy atom. The normalized spacial score (nSPS) is 11.1. The number of carbonyl (C=O) groups excluding carboxylic acids is 1. The Labute approximate surface area is 164 Å². The molecule has 0 aliphatic heterocycles. The van der Waals surface area contributed by atoms with Crippen molar-refractivity contribution in [3.8, 4) is 17.0 Å². The lowest BCUT2D eigenvalue weighted by atomic mass is 10.1. The van der Waals surface area contributed by atoms with Gasteiger partial charge < -0.3 is 9.84 Å². The van der Waals surface area contributed by atoms with Crippen LogP contribution in [0.2, 0.25) is 0 Å². The van der Waals surface area contributed by atoms with E-state index in [-0.39, 0.29) is 11.7 Å². The van der Waals surface area contributed by atoms with E-state index < -0.39 is 0 Å². The molecule has 5 heteroatoms. The minimum atomic E-state index is -0.382. The van der Waals surface area contributed by atoms with Gasteiger partial charge in [-0.1, -0.05) is 36.4 Å². The quantitative estimate of drug-likeness (QED) is 0.512. The number of esters is 1. The molecule has 0 bridgehead atoms. The number of benzene rings is 2. The monoisotopic (exact) mass is 376 g/mol. The molecule has 0 aliphatic carbocycles. The lowest BCUT2D eigenvalue weighted by molar-refractivity contribution is 0.0527. The highest BCUT2D eigenvalue weighted by molar-refractivity contribution is 5.97. The second-order valence-corrected chi connectivity index (χ2v) is 6.71. The summed E-state index contributed by atoms with van der Waals surface area (Å²) in [5, 5.41) is 14.9. The summed E-state index contributed by atoms with van der Waals surface area (Å²) in [5.74, 6) is -0.182. The van der Waals surface area contributed by atoms with E-state index in [4.69, 9.17) is 4.74 Å². The molecule has 3 aromatic rings. The zero-order valence-corrected chi connectivity index (χ0v) is 16.6. The van der Waals surface area contributed by atoms with Crippen LogP contribution in [-0.2, 0) is 4.74 Å². The van der Waals surface area contributed by atoms with Crippen LogP contribution in [0.5, 0.6) is 5.75 Å². The molecule has 0 amide bonds. The number of ether oxygens (including phenoxy) is 1. The third kappa shape index (κ3) is 3.83. The first-order valence-corrected chi connectivity index (χ1v) is 9.21. The first-order chi connectivity index (χ1) is 13.4. The lowest BCUT2D eigenvalue weighted by Gasteiger charge is -2.09. The molecule has 5 nitrogen and oxygen atoms in total. The molecular weight excluding hydrogens is 352 g/mol. The van der Waals surface area contributed by atoms with Crippen LogP contribution in [0.15, 0.2) is 53.6 Å². The fourth-order valence-electron chi connectivity index (χ4n) is 3.23. The van der Waals surface area contributed by atoms with E-state index in [9.17, 15) is 9.90 Å². The highest BCUT2D eigenvalue weighted by Gasteiger charge is 2.21. The van der Waals surface area contributed by atoms with Crippen molar-refractivity contribution >= 4 is 12.2 Å². The van der Waals surface area contributed by atoms with Crippen molar-refractivity contribution in [3.63, 3.8) is 0 Å². The SMILES string of the molecule is CCOC(=O)c1cc(C)n(/N=C/c2cc(C)cc(C)c2O)c1-c1ccccc1. The molecule has 0 atom stereocenters. The van der Waals surface area contributed by atoms with Crippen LogP contribution in [0.3, 0.4) is 0 Å². The fraction of sp³-hybridized carbons (Fsp3) is 0.217. The third-order valence-electron chi connectivity index (χ3n) is 4.48. The largest absolute Gasteiger partial charge is 0.507 e. The zero-order valence-electron chi connectivity index (χ0n) is 16.6. The molecule has 28 heavy (non-hydrogen) atoms. The van der Waals surface area contributed by atoms with Crippen molar-refractivity contribution in [2.45, 2.75) is 27.7 Å². The molecule has 0 radical (unpaired) electrons. The number of aryl methyl sites for hydroxylation is 3. The molecule has 0 spiro atoms. The molecule has 0 saturated heterocycles. The van der Waals surface area contributed by atoms with E-state index in [0.29, 0.717) is 23.4 Å². The van der Waals surface area contributed by atoms with Gasteiger partial charge in [-0.05, 0) is 51.0 Å². The molecule has 0 unspecified atom stereocenters. The van der Waals surface area contributed by atoms with Crippen molar-refractivity contribution in [2.24, 2.45) is 5.10 Å². The minimum Gasteiger partial charge on any atom is -0.507 e. The predicted molar refractivity (Wildman–Crippen MR) is 111 cm³/mol. The van der Waals surface area contributed by atoms with E-state index in [1.165, 1.54) is 0 Å². The van der Waals surface area contributed by atoms with Gasteiger partial charge in [0.15, 0.2) is 0 Å². The van der Waals surface area contributed by atoms with Crippen LogP contribution in [0.4, 0.5) is 0 Å². The Balaban J connectivity index is 2.15. The smallest absolute Gasteiger partial charge is 0.340 e. The van der Waals surface area contributed by atoms with Gasteiger partial charge in [0.05, 0.1) is 24.1 Å². The van der Waals surface area contributed by atoms with E-state index in [1.807, 2.05) is 63.2 Å². The van der Waals surface area contributed by atoms with Crippen LogP contribution < -0.4 is 0 Å². The maximum atomic E-state index is 12.5. The summed E-state index contributed by atoms with van der Waals surface area (Å²) < 4.78 is 6.93. The molecule has 3 rings (SSSR count). The molecule has 0 aliphatic rings. The first-order valence-electron chi connectivity index (χ1n) is 9.21. The van der Waals surface area contributed by atoms with Gasteiger partial charge in [0.2, 0.25) is 0 Å². The molecule has 2 aromatic carbocycles. The first kappa shape index (κ1) is 19.4. The average Bonchev–Trinajstić information content (AvgIpc) is 3.01. The van der Waals surface area contributed by atoms with Crippen LogP contribution in [0.1, 0.15) is 39.7 Å². The number of hydrogen-bond donors (Lipinski definition) is 1. The molecule has 0 saturated carbocycles. The number of aromatic hydroxyl groups is 1. The van der Waals surface area contributed by atoms with Gasteiger partial charge in [0, 0.05) is 16.8 Å². The fourth-order valence-corrected chi connectivity index (χ4v) is 3.23. The average molecular weight is 376 g/mol. The summed E-state index contributed by atoms with van der Waals surface area (Å²) in [6.07, 6.45) is 1.61. The van der Waals surface area contributed by atoms with Crippen LogP contribution in [0, 0.1) is 20.8 Å². The highest BCUT2D eigenvalue weighted by atomic mass is 16.5. The highest BCUT2D eigenvalue weighted by Crippen LogP contribution is 2.29. The van der Waals surface area contributed by atoms with Gasteiger partial charge >= 0.3 is 5.97 Å². The molecular formula is C23H24N2O3. The summed E-state index contributed by atoms with van der Waals surface area (Å²) in [6.45, 7) is 7.80. The van der Waals surface area contributed by atoms with Gasteiger partial charge in [-0.25, -0.2) is 9.47 Å². The standard InChI is InChI=1S/C23H24N2O3/c1-5-28-23(27)20-13-17(4)25(21(20)18-9-7-6-8-10-18)24-14-19-12-15(2)11-16(3)22(19)26/h6-14,26H,5H2,1-4H3/b24-14+. The Kier molecular flexibility index (Phi) is 5.64. The van der Waals surface area contributed by atoms with E-state index >= 15 is 0 Å². The number of rotatable bonds is 5. The van der Waals surface area contributed by atoms with E-state index in [0.717, 1.165) is 22.4 Å². The van der Waals surface area contributed by atoms with Gasteiger partial charge in [-0.15, -0.1) is 0 Å². The number of nitrogens with zero attached hydrogens (tertiary/aromatic N) is 2. The van der Waals surface area contributed by atoms with Crippen LogP contribution in [0.25, 0.3) is 11.3 Å². The Morgan fingerprint density at radius 1 is 1.14 bits per heavy atom. The number of aromatic nitrogens is 1. The van der Waals surface area contributed by atoms with E-state index in [1.54, 1.807) is 23.9 Å². The lowest BCUT2D eigenvalue weighted by Crippen LogP contribution is -2.06. The van der Waals surface area contributed by atoms with Crippen molar-refractivity contribution in [1.82, 2.24) is 4.68 Å². The zero-order chi connectivity index (χ0) is 20.3.